The molecule has 0 saturated carbocycles. The predicted octanol–water partition coefficient (Wildman–Crippen LogP) is 4.36. The van der Waals surface area contributed by atoms with Crippen LogP contribution in [0.25, 0.3) is 11.3 Å². The Hall–Kier alpha value is -3.00. The second-order valence-electron chi connectivity index (χ2n) is 5.19. The van der Waals surface area contributed by atoms with Gasteiger partial charge in [-0.3, -0.25) is 10.1 Å². The summed E-state index contributed by atoms with van der Waals surface area (Å²) in [5.41, 5.74) is 0.830. The Labute approximate surface area is 152 Å². The molecule has 3 rings (SSSR count). The molecule has 8 heteroatoms. The molecule has 1 aromatic heterocycles. The Morgan fingerprint density at radius 2 is 1.85 bits per heavy atom. The minimum atomic E-state index is -0.715. The highest BCUT2D eigenvalue weighted by Crippen LogP contribution is 2.30. The van der Waals surface area contributed by atoms with Crippen LogP contribution in [0.1, 0.15) is 10.4 Å². The van der Waals surface area contributed by atoms with E-state index in [1.807, 2.05) is 0 Å². The van der Waals surface area contributed by atoms with Crippen molar-refractivity contribution in [1.29, 1.82) is 0 Å². The van der Waals surface area contributed by atoms with E-state index in [1.54, 1.807) is 23.6 Å². The number of halogens is 2. The molecule has 0 fully saturated rings. The van der Waals surface area contributed by atoms with Gasteiger partial charge in [0.15, 0.2) is 16.6 Å². The summed E-state index contributed by atoms with van der Waals surface area (Å²) in [4.78, 5) is 16.6. The van der Waals surface area contributed by atoms with Crippen molar-refractivity contribution in [3.63, 3.8) is 0 Å². The molecule has 0 radical (unpaired) electrons. The van der Waals surface area contributed by atoms with E-state index in [-0.39, 0.29) is 5.56 Å². The molecule has 26 heavy (non-hydrogen) atoms. The Balaban J connectivity index is 1.79. The third kappa shape index (κ3) is 3.65. The summed E-state index contributed by atoms with van der Waals surface area (Å²) >= 11 is 1.14. The Bertz CT molecular complexity index is 959. The summed E-state index contributed by atoms with van der Waals surface area (Å²) < 4.78 is 37.2. The van der Waals surface area contributed by atoms with Crippen LogP contribution in [-0.2, 0) is 0 Å². The van der Waals surface area contributed by atoms with Crippen molar-refractivity contribution in [2.24, 2.45) is 0 Å². The number of anilines is 1. The van der Waals surface area contributed by atoms with Crippen LogP contribution in [0.3, 0.4) is 0 Å². The van der Waals surface area contributed by atoms with E-state index in [0.717, 1.165) is 23.5 Å². The number of hydrogen-bond acceptors (Lipinski definition) is 5. The van der Waals surface area contributed by atoms with Gasteiger partial charge in [0.2, 0.25) is 0 Å². The molecular weight excluding hydrogens is 362 g/mol. The summed E-state index contributed by atoms with van der Waals surface area (Å²) in [5, 5.41) is 4.52. The molecule has 0 saturated heterocycles. The highest BCUT2D eigenvalue weighted by Gasteiger charge is 2.14. The van der Waals surface area contributed by atoms with Crippen LogP contribution < -0.4 is 14.8 Å². The van der Waals surface area contributed by atoms with Gasteiger partial charge in [0.1, 0.15) is 11.6 Å². The normalized spacial score (nSPS) is 10.5. The first-order valence-electron chi connectivity index (χ1n) is 7.46. The number of amides is 1. The highest BCUT2D eigenvalue weighted by atomic mass is 32.1. The molecule has 0 atom stereocenters. The quantitative estimate of drug-likeness (QED) is 0.719. The molecule has 0 aliphatic carbocycles. The first-order valence-corrected chi connectivity index (χ1v) is 8.34. The van der Waals surface area contributed by atoms with Crippen LogP contribution in [0.4, 0.5) is 13.9 Å². The molecule has 1 heterocycles. The number of nitrogens with zero attached hydrogens (tertiary/aromatic N) is 1. The van der Waals surface area contributed by atoms with Gasteiger partial charge in [-0.25, -0.2) is 13.8 Å². The number of thiazole rings is 1. The number of nitrogens with one attached hydrogen (secondary N) is 1. The molecule has 134 valence electrons. The van der Waals surface area contributed by atoms with Crippen molar-refractivity contribution in [3.05, 3.63) is 59.0 Å². The third-order valence-electron chi connectivity index (χ3n) is 3.58. The van der Waals surface area contributed by atoms with Gasteiger partial charge in [-0.2, -0.15) is 0 Å². The standard InChI is InChI=1S/C18H14F2N2O3S/c1-24-15-6-3-10(7-16(15)25-2)17(23)22-18-21-14(9-26-18)12-5-4-11(19)8-13(12)20/h3-9H,1-2H3,(H,21,22,23). The molecule has 3 aromatic rings. The van der Waals surface area contributed by atoms with Gasteiger partial charge in [-0.15, -0.1) is 11.3 Å². The maximum Gasteiger partial charge on any atom is 0.257 e. The molecule has 0 unspecified atom stereocenters. The number of carbonyl (C=O) groups excluding carboxylic acids is 1. The number of hydrogen-bond donors (Lipinski definition) is 1. The zero-order valence-corrected chi connectivity index (χ0v) is 14.7. The fourth-order valence-corrected chi connectivity index (χ4v) is 3.00. The molecule has 0 aliphatic heterocycles. The number of benzene rings is 2. The number of rotatable bonds is 5. The highest BCUT2D eigenvalue weighted by molar-refractivity contribution is 7.14. The third-order valence-corrected chi connectivity index (χ3v) is 4.34. The fraction of sp³-hybridized carbons (Fsp3) is 0.111. The van der Waals surface area contributed by atoms with E-state index < -0.39 is 17.5 Å². The lowest BCUT2D eigenvalue weighted by Gasteiger charge is -2.09. The van der Waals surface area contributed by atoms with Crippen molar-refractivity contribution in [1.82, 2.24) is 4.98 Å². The average molecular weight is 376 g/mol. The smallest absolute Gasteiger partial charge is 0.257 e. The summed E-state index contributed by atoms with van der Waals surface area (Å²) in [6.07, 6.45) is 0. The van der Waals surface area contributed by atoms with E-state index in [4.69, 9.17) is 9.47 Å². The van der Waals surface area contributed by atoms with Gasteiger partial charge in [0, 0.05) is 22.6 Å². The van der Waals surface area contributed by atoms with E-state index in [1.165, 1.54) is 20.3 Å². The minimum Gasteiger partial charge on any atom is -0.493 e. The van der Waals surface area contributed by atoms with Crippen molar-refractivity contribution < 1.29 is 23.0 Å². The second-order valence-corrected chi connectivity index (χ2v) is 6.04. The summed E-state index contributed by atoms with van der Waals surface area (Å²) in [6, 6.07) is 8.00. The zero-order valence-electron chi connectivity index (χ0n) is 13.9. The number of ether oxygens (including phenoxy) is 2. The molecular formula is C18H14F2N2O3S. The number of methoxy groups -OCH3 is 2. The van der Waals surface area contributed by atoms with Gasteiger partial charge in [-0.1, -0.05) is 0 Å². The lowest BCUT2D eigenvalue weighted by molar-refractivity contribution is 0.102. The Kier molecular flexibility index (Phi) is 5.13. The largest absolute Gasteiger partial charge is 0.493 e. The van der Waals surface area contributed by atoms with E-state index in [9.17, 15) is 13.6 Å². The van der Waals surface area contributed by atoms with Crippen LogP contribution in [0.15, 0.2) is 41.8 Å². The Morgan fingerprint density at radius 1 is 1.08 bits per heavy atom. The maximum atomic E-state index is 13.8. The lowest BCUT2D eigenvalue weighted by Crippen LogP contribution is -2.12. The Morgan fingerprint density at radius 3 is 2.54 bits per heavy atom. The summed E-state index contributed by atoms with van der Waals surface area (Å²) in [7, 11) is 2.98. The second kappa shape index (κ2) is 7.49. The fourth-order valence-electron chi connectivity index (χ4n) is 2.30. The lowest BCUT2D eigenvalue weighted by atomic mass is 10.1. The van der Waals surface area contributed by atoms with Crippen molar-refractivity contribution in [2.75, 3.05) is 19.5 Å². The van der Waals surface area contributed by atoms with E-state index in [0.29, 0.717) is 27.9 Å². The average Bonchev–Trinajstić information content (AvgIpc) is 3.09. The zero-order chi connectivity index (χ0) is 18.7. The van der Waals surface area contributed by atoms with Gasteiger partial charge in [0.05, 0.1) is 19.9 Å². The molecule has 1 amide bonds. The maximum absolute atomic E-state index is 13.8. The molecule has 0 aliphatic rings. The van der Waals surface area contributed by atoms with Crippen LogP contribution in [0, 0.1) is 11.6 Å². The molecule has 0 spiro atoms. The van der Waals surface area contributed by atoms with Crippen molar-refractivity contribution in [3.8, 4) is 22.8 Å². The monoisotopic (exact) mass is 376 g/mol. The van der Waals surface area contributed by atoms with Gasteiger partial charge in [0.25, 0.3) is 5.91 Å². The van der Waals surface area contributed by atoms with Gasteiger partial charge >= 0.3 is 0 Å². The first-order chi connectivity index (χ1) is 12.5. The van der Waals surface area contributed by atoms with Crippen LogP contribution in [0.2, 0.25) is 0 Å². The molecule has 5 nitrogen and oxygen atoms in total. The van der Waals surface area contributed by atoms with Crippen molar-refractivity contribution in [2.45, 2.75) is 0 Å². The van der Waals surface area contributed by atoms with Crippen LogP contribution in [0.5, 0.6) is 11.5 Å². The number of aromatic nitrogens is 1. The summed E-state index contributed by atoms with van der Waals surface area (Å²) in [6.45, 7) is 0. The predicted molar refractivity (Wildman–Crippen MR) is 95.0 cm³/mol. The van der Waals surface area contributed by atoms with Gasteiger partial charge < -0.3 is 9.47 Å². The van der Waals surface area contributed by atoms with Crippen molar-refractivity contribution >= 4 is 22.4 Å². The van der Waals surface area contributed by atoms with Crippen LogP contribution in [-0.4, -0.2) is 25.1 Å². The minimum absolute atomic E-state index is 0.161. The van der Waals surface area contributed by atoms with Gasteiger partial charge in [-0.05, 0) is 30.3 Å². The molecule has 2 aromatic carbocycles. The number of carbonyl (C=O) groups is 1. The van der Waals surface area contributed by atoms with E-state index >= 15 is 0 Å². The summed E-state index contributed by atoms with van der Waals surface area (Å²) in [5.74, 6) is -0.844. The SMILES string of the molecule is COc1ccc(C(=O)Nc2nc(-c3ccc(F)cc3F)cs2)cc1OC. The first kappa shape index (κ1) is 17.8. The molecule has 1 N–H and O–H groups in total. The molecule has 0 bridgehead atoms. The van der Waals surface area contributed by atoms with E-state index in [2.05, 4.69) is 10.3 Å². The van der Waals surface area contributed by atoms with Crippen LogP contribution >= 0.6 is 11.3 Å². The topological polar surface area (TPSA) is 60.5 Å².